The second kappa shape index (κ2) is 6.66. The lowest BCUT2D eigenvalue weighted by molar-refractivity contribution is -0.175. The van der Waals surface area contributed by atoms with Crippen LogP contribution in [0.4, 0.5) is 32.0 Å². The van der Waals surface area contributed by atoms with Gasteiger partial charge in [0.25, 0.3) is 11.6 Å². The number of carbonyl (C=O) groups excluding carboxylic acids is 2. The second-order valence-corrected chi connectivity index (χ2v) is 4.97. The molecular weight excluding hydrogens is 340 g/mol. The highest BCUT2D eigenvalue weighted by Crippen LogP contribution is 2.30. The molecule has 24 heavy (non-hydrogen) atoms. The molecule has 0 aliphatic carbocycles. The van der Waals surface area contributed by atoms with Crippen LogP contribution in [-0.2, 0) is 9.59 Å². The van der Waals surface area contributed by atoms with Crippen molar-refractivity contribution in [2.24, 2.45) is 0 Å². The van der Waals surface area contributed by atoms with Crippen LogP contribution in [0, 0.1) is 13.8 Å². The Morgan fingerprint density at radius 3 is 1.58 bits per heavy atom. The van der Waals surface area contributed by atoms with E-state index in [1.807, 2.05) is 0 Å². The Kier molecular flexibility index (Phi) is 5.47. The minimum Gasteiger partial charge on any atom is -0.284 e. The van der Waals surface area contributed by atoms with E-state index in [1.54, 1.807) is 6.07 Å². The standard InChI is InChI=1S/C15H12F6NO2/c1-7-5-4-6-8(2)11(7)22-9(3)10(12(23)14(16,17)18)13(24)15(19,20)21/h4-6H,1-3H3. The Hall–Kier alpha value is -2.32. The van der Waals surface area contributed by atoms with Crippen molar-refractivity contribution in [3.63, 3.8) is 0 Å². The maximum Gasteiger partial charge on any atom is 0.455 e. The third-order valence-corrected chi connectivity index (χ3v) is 3.05. The van der Waals surface area contributed by atoms with E-state index in [0.717, 1.165) is 6.92 Å². The molecule has 1 aromatic carbocycles. The molecule has 0 aliphatic heterocycles. The molecule has 0 fully saturated rings. The molecule has 0 unspecified atom stereocenters. The monoisotopic (exact) mass is 352 g/mol. The van der Waals surface area contributed by atoms with Crippen molar-refractivity contribution < 1.29 is 35.9 Å². The van der Waals surface area contributed by atoms with Gasteiger partial charge < -0.3 is 0 Å². The quantitative estimate of drug-likeness (QED) is 0.355. The van der Waals surface area contributed by atoms with E-state index < -0.39 is 35.2 Å². The zero-order valence-corrected chi connectivity index (χ0v) is 12.8. The van der Waals surface area contributed by atoms with Crippen molar-refractivity contribution in [2.75, 3.05) is 0 Å². The van der Waals surface area contributed by atoms with Gasteiger partial charge in [0.15, 0.2) is 0 Å². The number of nitrogens with zero attached hydrogens (tertiary/aromatic N) is 1. The molecular formula is C15H12F6NO2. The SMILES string of the molecule is CC([N]c1c(C)cccc1C)=C(C(=O)C(F)(F)F)C(=O)C(F)(F)F. The summed E-state index contributed by atoms with van der Waals surface area (Å²) >= 11 is 0. The molecule has 0 spiro atoms. The highest BCUT2D eigenvalue weighted by molar-refractivity contribution is 6.24. The van der Waals surface area contributed by atoms with Crippen LogP contribution in [0.1, 0.15) is 18.1 Å². The number of hydrogen-bond acceptors (Lipinski definition) is 2. The fourth-order valence-corrected chi connectivity index (χ4v) is 1.92. The van der Waals surface area contributed by atoms with Gasteiger partial charge in [-0.3, -0.25) is 14.9 Å². The van der Waals surface area contributed by atoms with Crippen molar-refractivity contribution in [3.05, 3.63) is 40.6 Å². The fourth-order valence-electron chi connectivity index (χ4n) is 1.92. The van der Waals surface area contributed by atoms with Crippen LogP contribution in [0.2, 0.25) is 0 Å². The molecule has 0 amide bonds. The number of allylic oxidation sites excluding steroid dienone is 2. The second-order valence-electron chi connectivity index (χ2n) is 4.97. The molecule has 131 valence electrons. The van der Waals surface area contributed by atoms with Crippen LogP contribution in [-0.4, -0.2) is 23.9 Å². The molecule has 1 rings (SSSR count). The minimum atomic E-state index is -5.63. The summed E-state index contributed by atoms with van der Waals surface area (Å²) in [4.78, 5) is 22.6. The van der Waals surface area contributed by atoms with Crippen molar-refractivity contribution in [2.45, 2.75) is 33.1 Å². The van der Waals surface area contributed by atoms with Crippen LogP contribution < -0.4 is 5.32 Å². The van der Waals surface area contributed by atoms with Crippen molar-refractivity contribution in [3.8, 4) is 0 Å². The number of rotatable bonds is 4. The number of benzene rings is 1. The van der Waals surface area contributed by atoms with Crippen LogP contribution in [0.3, 0.4) is 0 Å². The van der Waals surface area contributed by atoms with Crippen molar-refractivity contribution in [1.82, 2.24) is 5.32 Å². The predicted molar refractivity (Wildman–Crippen MR) is 72.5 cm³/mol. The summed E-state index contributed by atoms with van der Waals surface area (Å²) in [5.41, 5.74) is -1.95. The van der Waals surface area contributed by atoms with E-state index >= 15 is 0 Å². The highest BCUT2D eigenvalue weighted by Gasteiger charge is 2.51. The zero-order chi connectivity index (χ0) is 18.9. The summed E-state index contributed by atoms with van der Waals surface area (Å²) in [6, 6.07) is 4.69. The van der Waals surface area contributed by atoms with Gasteiger partial charge in [0.05, 0.1) is 11.4 Å². The Morgan fingerprint density at radius 2 is 1.25 bits per heavy atom. The molecule has 0 N–H and O–H groups in total. The number of para-hydroxylation sites is 1. The average molecular weight is 352 g/mol. The molecule has 0 aromatic heterocycles. The van der Waals surface area contributed by atoms with Crippen LogP contribution >= 0.6 is 0 Å². The molecule has 0 aliphatic rings. The predicted octanol–water partition coefficient (Wildman–Crippen LogP) is 4.08. The van der Waals surface area contributed by atoms with E-state index in [-0.39, 0.29) is 5.69 Å². The average Bonchev–Trinajstić information content (AvgIpc) is 2.41. The smallest absolute Gasteiger partial charge is 0.284 e. The van der Waals surface area contributed by atoms with Crippen molar-refractivity contribution in [1.29, 1.82) is 0 Å². The van der Waals surface area contributed by atoms with E-state index in [0.29, 0.717) is 11.1 Å². The Labute approximate surface area is 133 Å². The van der Waals surface area contributed by atoms with Crippen LogP contribution in [0.5, 0.6) is 0 Å². The maximum atomic E-state index is 12.6. The molecule has 0 bridgehead atoms. The van der Waals surface area contributed by atoms with E-state index in [1.165, 1.54) is 26.0 Å². The molecule has 0 saturated carbocycles. The highest BCUT2D eigenvalue weighted by atomic mass is 19.4. The van der Waals surface area contributed by atoms with Gasteiger partial charge in [0.2, 0.25) is 0 Å². The molecule has 0 saturated heterocycles. The maximum absolute atomic E-state index is 12.6. The van der Waals surface area contributed by atoms with Gasteiger partial charge in [0.1, 0.15) is 5.57 Å². The summed E-state index contributed by atoms with van der Waals surface area (Å²) in [6.45, 7) is 3.83. The summed E-state index contributed by atoms with van der Waals surface area (Å²) in [6.07, 6.45) is -11.3. The first-order chi connectivity index (χ1) is 10.8. The van der Waals surface area contributed by atoms with E-state index in [4.69, 9.17) is 0 Å². The third-order valence-electron chi connectivity index (χ3n) is 3.05. The Morgan fingerprint density at radius 1 is 0.875 bits per heavy atom. The lowest BCUT2D eigenvalue weighted by Gasteiger charge is -2.15. The summed E-state index contributed by atoms with van der Waals surface area (Å²) < 4.78 is 75.4. The zero-order valence-electron chi connectivity index (χ0n) is 12.8. The normalized spacial score (nSPS) is 11.9. The number of hydrogen-bond donors (Lipinski definition) is 0. The molecule has 9 heteroatoms. The molecule has 0 heterocycles. The van der Waals surface area contributed by atoms with E-state index in [2.05, 4.69) is 5.32 Å². The number of ketones is 2. The molecule has 3 nitrogen and oxygen atoms in total. The first-order valence-corrected chi connectivity index (χ1v) is 6.48. The van der Waals surface area contributed by atoms with E-state index in [9.17, 15) is 35.9 Å². The molecule has 1 aromatic rings. The number of Topliss-reactive ketones (excluding diaryl/α,β-unsaturated/α-hetero) is 2. The summed E-state index contributed by atoms with van der Waals surface area (Å²) in [5.74, 6) is -5.75. The van der Waals surface area contributed by atoms with Gasteiger partial charge >= 0.3 is 12.4 Å². The molecule has 0 atom stereocenters. The van der Waals surface area contributed by atoms with Crippen LogP contribution in [0.25, 0.3) is 0 Å². The number of halogens is 6. The van der Waals surface area contributed by atoms with Gasteiger partial charge in [-0.1, -0.05) is 18.2 Å². The lowest BCUT2D eigenvalue weighted by atomic mass is 10.0. The first-order valence-electron chi connectivity index (χ1n) is 6.48. The summed E-state index contributed by atoms with van der Waals surface area (Å²) in [5, 5.41) is 3.67. The van der Waals surface area contributed by atoms with Gasteiger partial charge in [-0.15, -0.1) is 0 Å². The number of carbonyl (C=O) groups is 2. The van der Waals surface area contributed by atoms with Gasteiger partial charge in [0, 0.05) is 0 Å². The van der Waals surface area contributed by atoms with Gasteiger partial charge in [-0.05, 0) is 31.9 Å². The number of aryl methyl sites for hydroxylation is 2. The molecule has 1 radical (unpaired) electrons. The Balaban J connectivity index is 3.49. The van der Waals surface area contributed by atoms with Gasteiger partial charge in [-0.2, -0.15) is 26.3 Å². The topological polar surface area (TPSA) is 48.2 Å². The van der Waals surface area contributed by atoms with Crippen molar-refractivity contribution >= 4 is 17.3 Å². The third kappa shape index (κ3) is 4.36. The Bertz CT molecular complexity index is 653. The summed E-state index contributed by atoms with van der Waals surface area (Å²) in [7, 11) is 0. The first kappa shape index (κ1) is 19.7. The largest absolute Gasteiger partial charge is 0.455 e. The minimum absolute atomic E-state index is 0.0949. The van der Waals surface area contributed by atoms with Crippen LogP contribution in [0.15, 0.2) is 29.5 Å². The number of alkyl halides is 6. The lowest BCUT2D eigenvalue weighted by Crippen LogP contribution is -2.36. The van der Waals surface area contributed by atoms with Gasteiger partial charge in [-0.25, -0.2) is 0 Å². The fraction of sp³-hybridized carbons (Fsp3) is 0.333.